The van der Waals surface area contributed by atoms with Gasteiger partial charge in [-0.2, -0.15) is 0 Å². The van der Waals surface area contributed by atoms with Gasteiger partial charge in [0, 0.05) is 23.6 Å². The maximum atomic E-state index is 6.39. The summed E-state index contributed by atoms with van der Waals surface area (Å²) in [4.78, 5) is 11.9. The fourth-order valence-corrected chi connectivity index (χ4v) is 5.26. The molecule has 4 nitrogen and oxygen atoms in total. The van der Waals surface area contributed by atoms with Crippen molar-refractivity contribution in [2.75, 3.05) is 6.54 Å². The summed E-state index contributed by atoms with van der Waals surface area (Å²) in [6.07, 6.45) is 1.81. The topological polar surface area (TPSA) is 41.6 Å². The molecule has 7 heteroatoms. The summed E-state index contributed by atoms with van der Waals surface area (Å²) in [6, 6.07) is 15.4. The molecule has 1 aromatic carbocycles. The molecule has 0 spiro atoms. The Morgan fingerprint density at radius 3 is 2.82 bits per heavy atom. The van der Waals surface area contributed by atoms with E-state index < -0.39 is 0 Å². The smallest absolute Gasteiger partial charge is 0.161 e. The summed E-state index contributed by atoms with van der Waals surface area (Å²) in [5.41, 5.74) is 1.74. The van der Waals surface area contributed by atoms with Crippen molar-refractivity contribution in [3.8, 4) is 11.3 Å². The summed E-state index contributed by atoms with van der Waals surface area (Å²) in [7, 11) is 0. The molecular formula is C21H17Cl2N3OS. The highest BCUT2D eigenvalue weighted by Gasteiger charge is 2.45. The lowest BCUT2D eigenvalue weighted by atomic mass is 10.0. The van der Waals surface area contributed by atoms with Crippen molar-refractivity contribution in [3.05, 3.63) is 76.2 Å². The van der Waals surface area contributed by atoms with Crippen LogP contribution in [0.3, 0.4) is 0 Å². The average molecular weight is 430 g/mol. The van der Waals surface area contributed by atoms with E-state index in [0.29, 0.717) is 21.1 Å². The Morgan fingerprint density at radius 2 is 2.00 bits per heavy atom. The van der Waals surface area contributed by atoms with Gasteiger partial charge in [0.1, 0.15) is 23.6 Å². The van der Waals surface area contributed by atoms with E-state index in [1.807, 2.05) is 60.4 Å². The second-order valence-electron chi connectivity index (χ2n) is 6.94. The molecule has 0 saturated carbocycles. The third-order valence-corrected chi connectivity index (χ3v) is 6.94. The molecule has 3 atom stereocenters. The van der Waals surface area contributed by atoms with E-state index in [0.717, 1.165) is 28.7 Å². The normalized spacial score (nSPS) is 23.8. The standard InChI is InChI=1S/C21H17Cl2N3OS/c1-12-11-26-20(19(25-21(26)28-12)15-7-2-3-10-24-15)17-9-8-16(27-17)13-5-4-6-14(22)18(13)23/h2-10,12,19-20H,11H2,1H3/t12-,19-,20-/m0/s1. The zero-order valence-electron chi connectivity index (χ0n) is 15.0. The Balaban J connectivity index is 1.55. The Bertz CT molecular complexity index is 1050. The zero-order valence-corrected chi connectivity index (χ0v) is 17.4. The molecule has 0 bridgehead atoms. The number of aromatic nitrogens is 1. The van der Waals surface area contributed by atoms with E-state index in [2.05, 4.69) is 16.8 Å². The van der Waals surface area contributed by atoms with Crippen molar-refractivity contribution < 1.29 is 4.42 Å². The van der Waals surface area contributed by atoms with Gasteiger partial charge >= 0.3 is 0 Å². The quantitative estimate of drug-likeness (QED) is 0.494. The van der Waals surface area contributed by atoms with Gasteiger partial charge in [-0.25, -0.2) is 4.99 Å². The Morgan fingerprint density at radius 1 is 1.11 bits per heavy atom. The number of pyridine rings is 1. The van der Waals surface area contributed by atoms with Crippen LogP contribution in [0.2, 0.25) is 10.0 Å². The predicted octanol–water partition coefficient (Wildman–Crippen LogP) is 6.24. The van der Waals surface area contributed by atoms with Crippen molar-refractivity contribution in [2.24, 2.45) is 4.99 Å². The molecule has 0 aliphatic carbocycles. The third kappa shape index (κ3) is 3.02. The monoisotopic (exact) mass is 429 g/mol. The lowest BCUT2D eigenvalue weighted by Gasteiger charge is -2.25. The van der Waals surface area contributed by atoms with Crippen molar-refractivity contribution in [1.82, 2.24) is 9.88 Å². The van der Waals surface area contributed by atoms with Crippen LogP contribution in [0.4, 0.5) is 0 Å². The molecule has 5 rings (SSSR count). The lowest BCUT2D eigenvalue weighted by molar-refractivity contribution is 0.277. The van der Waals surface area contributed by atoms with Gasteiger partial charge in [0.2, 0.25) is 0 Å². The molecule has 2 aliphatic rings. The summed E-state index contributed by atoms with van der Waals surface area (Å²) < 4.78 is 6.29. The molecule has 2 aliphatic heterocycles. The average Bonchev–Trinajstić information content (AvgIpc) is 3.38. The lowest BCUT2D eigenvalue weighted by Crippen LogP contribution is -2.28. The number of nitrogens with zero attached hydrogens (tertiary/aromatic N) is 3. The Hall–Kier alpha value is -1.95. The molecule has 0 N–H and O–H groups in total. The van der Waals surface area contributed by atoms with Gasteiger partial charge in [0.25, 0.3) is 0 Å². The molecule has 0 unspecified atom stereocenters. The van der Waals surface area contributed by atoms with Gasteiger partial charge in [0.05, 0.1) is 15.7 Å². The molecule has 3 aromatic rings. The molecule has 142 valence electrons. The Kier molecular flexibility index (Phi) is 4.62. The summed E-state index contributed by atoms with van der Waals surface area (Å²) >= 11 is 14.4. The van der Waals surface area contributed by atoms with Crippen LogP contribution in [-0.2, 0) is 0 Å². The van der Waals surface area contributed by atoms with Crippen LogP contribution in [0.5, 0.6) is 0 Å². The number of rotatable bonds is 3. The zero-order chi connectivity index (χ0) is 19.3. The number of hydrogen-bond acceptors (Lipinski definition) is 5. The first-order chi connectivity index (χ1) is 13.6. The number of amidine groups is 1. The highest BCUT2D eigenvalue weighted by atomic mass is 35.5. The van der Waals surface area contributed by atoms with Crippen LogP contribution >= 0.6 is 35.0 Å². The Labute approximate surface area is 177 Å². The highest BCUT2D eigenvalue weighted by molar-refractivity contribution is 8.14. The largest absolute Gasteiger partial charge is 0.459 e. The van der Waals surface area contributed by atoms with Gasteiger partial charge in [-0.3, -0.25) is 4.98 Å². The van der Waals surface area contributed by atoms with Crippen molar-refractivity contribution in [1.29, 1.82) is 0 Å². The van der Waals surface area contributed by atoms with Crippen LogP contribution in [0.25, 0.3) is 11.3 Å². The van der Waals surface area contributed by atoms with Crippen LogP contribution in [0, 0.1) is 0 Å². The van der Waals surface area contributed by atoms with E-state index in [1.54, 1.807) is 6.07 Å². The van der Waals surface area contributed by atoms with Gasteiger partial charge in [-0.1, -0.05) is 54.0 Å². The van der Waals surface area contributed by atoms with E-state index in [4.69, 9.17) is 32.6 Å². The number of halogens is 2. The van der Waals surface area contributed by atoms with Gasteiger partial charge in [0.15, 0.2) is 5.17 Å². The fourth-order valence-electron chi connectivity index (χ4n) is 3.78. The number of aliphatic imine (C=N–C) groups is 1. The van der Waals surface area contributed by atoms with E-state index in [9.17, 15) is 0 Å². The molecule has 0 amide bonds. The second kappa shape index (κ2) is 7.14. The number of hydrogen-bond donors (Lipinski definition) is 0. The molecule has 2 aromatic heterocycles. The first-order valence-electron chi connectivity index (χ1n) is 9.08. The molecule has 1 saturated heterocycles. The molecule has 0 radical (unpaired) electrons. The van der Waals surface area contributed by atoms with Crippen LogP contribution in [0.1, 0.15) is 30.5 Å². The van der Waals surface area contributed by atoms with Crippen LogP contribution in [0.15, 0.2) is 64.1 Å². The van der Waals surface area contributed by atoms with Gasteiger partial charge < -0.3 is 9.32 Å². The van der Waals surface area contributed by atoms with Crippen LogP contribution in [-0.4, -0.2) is 26.8 Å². The van der Waals surface area contributed by atoms with E-state index in [-0.39, 0.29) is 12.1 Å². The van der Waals surface area contributed by atoms with Crippen LogP contribution < -0.4 is 0 Å². The van der Waals surface area contributed by atoms with Crippen molar-refractivity contribution in [3.63, 3.8) is 0 Å². The molecule has 4 heterocycles. The van der Waals surface area contributed by atoms with E-state index >= 15 is 0 Å². The molecular weight excluding hydrogens is 413 g/mol. The summed E-state index contributed by atoms with van der Waals surface area (Å²) in [5.74, 6) is 1.56. The first-order valence-corrected chi connectivity index (χ1v) is 10.7. The summed E-state index contributed by atoms with van der Waals surface area (Å²) in [6.45, 7) is 3.16. The number of benzene rings is 1. The molecule has 1 fully saturated rings. The first kappa shape index (κ1) is 18.1. The maximum absolute atomic E-state index is 6.39. The highest BCUT2D eigenvalue weighted by Crippen LogP contribution is 2.48. The fraction of sp³-hybridized carbons (Fsp3) is 0.238. The number of fused-ring (bicyclic) bond motifs is 1. The minimum Gasteiger partial charge on any atom is -0.459 e. The summed E-state index contributed by atoms with van der Waals surface area (Å²) in [5, 5.41) is 2.58. The minimum absolute atomic E-state index is 0.0194. The third-order valence-electron chi connectivity index (χ3n) is 5.02. The van der Waals surface area contributed by atoms with Crippen molar-refractivity contribution in [2.45, 2.75) is 24.3 Å². The van der Waals surface area contributed by atoms with E-state index in [1.165, 1.54) is 0 Å². The second-order valence-corrected chi connectivity index (χ2v) is 9.13. The molecule has 28 heavy (non-hydrogen) atoms. The maximum Gasteiger partial charge on any atom is 0.161 e. The van der Waals surface area contributed by atoms with Gasteiger partial charge in [-0.15, -0.1) is 0 Å². The number of furan rings is 1. The van der Waals surface area contributed by atoms with Gasteiger partial charge in [-0.05, 0) is 36.4 Å². The number of thioether (sulfide) groups is 1. The predicted molar refractivity (Wildman–Crippen MR) is 115 cm³/mol. The minimum atomic E-state index is -0.0926. The SMILES string of the molecule is C[C@H]1CN2C(=N[C@@H](c3ccccn3)[C@@H]2c2ccc(-c3cccc(Cl)c3Cl)o2)S1. The van der Waals surface area contributed by atoms with Crippen molar-refractivity contribution >= 4 is 40.1 Å².